The van der Waals surface area contributed by atoms with Crippen molar-refractivity contribution in [2.45, 2.75) is 13.5 Å². The van der Waals surface area contributed by atoms with Crippen molar-refractivity contribution in [3.63, 3.8) is 0 Å². The van der Waals surface area contributed by atoms with Crippen molar-refractivity contribution in [1.82, 2.24) is 4.57 Å². The average Bonchev–Trinajstić information content (AvgIpc) is 2.51. The van der Waals surface area contributed by atoms with Crippen LogP contribution in [0.5, 0.6) is 0 Å². The molecule has 0 fully saturated rings. The minimum absolute atomic E-state index is 0.116. The van der Waals surface area contributed by atoms with Gasteiger partial charge in [0, 0.05) is 11.5 Å². The Labute approximate surface area is 131 Å². The number of carboxylic acids is 1. The van der Waals surface area contributed by atoms with Crippen LogP contribution in [0.25, 0.3) is 10.9 Å². The van der Waals surface area contributed by atoms with Gasteiger partial charge in [0.2, 0.25) is 0 Å². The lowest BCUT2D eigenvalue weighted by atomic mass is 10.1. The SMILES string of the molecule is Cc1ccccc1Cn1c(=O)ccc2cc(C(=O)O)cc(F)c21. The zero-order chi connectivity index (χ0) is 16.6. The molecule has 23 heavy (non-hydrogen) atoms. The summed E-state index contributed by atoms with van der Waals surface area (Å²) < 4.78 is 15.8. The Hall–Kier alpha value is -2.95. The first-order valence-corrected chi connectivity index (χ1v) is 7.08. The van der Waals surface area contributed by atoms with Gasteiger partial charge in [-0.15, -0.1) is 0 Å². The smallest absolute Gasteiger partial charge is 0.335 e. The van der Waals surface area contributed by atoms with Crippen molar-refractivity contribution in [1.29, 1.82) is 0 Å². The van der Waals surface area contributed by atoms with Crippen LogP contribution in [0.1, 0.15) is 21.5 Å². The number of aromatic carboxylic acids is 1. The number of aromatic nitrogens is 1. The molecule has 1 heterocycles. The Bertz CT molecular complexity index is 976. The Morgan fingerprint density at radius 3 is 2.61 bits per heavy atom. The summed E-state index contributed by atoms with van der Waals surface area (Å²) in [4.78, 5) is 23.2. The number of carbonyl (C=O) groups is 1. The molecule has 4 nitrogen and oxygen atoms in total. The Morgan fingerprint density at radius 1 is 1.17 bits per heavy atom. The van der Waals surface area contributed by atoms with Gasteiger partial charge in [-0.25, -0.2) is 9.18 Å². The van der Waals surface area contributed by atoms with Gasteiger partial charge >= 0.3 is 5.97 Å². The van der Waals surface area contributed by atoms with Gasteiger partial charge in [0.05, 0.1) is 17.6 Å². The van der Waals surface area contributed by atoms with E-state index in [0.29, 0.717) is 5.39 Å². The number of halogens is 1. The lowest BCUT2D eigenvalue weighted by Crippen LogP contribution is -2.21. The van der Waals surface area contributed by atoms with E-state index in [4.69, 9.17) is 5.11 Å². The molecule has 0 unspecified atom stereocenters. The number of nitrogens with zero attached hydrogens (tertiary/aromatic N) is 1. The molecule has 0 radical (unpaired) electrons. The average molecular weight is 311 g/mol. The second-order valence-electron chi connectivity index (χ2n) is 5.39. The Balaban J connectivity index is 2.24. The van der Waals surface area contributed by atoms with E-state index in [1.807, 2.05) is 31.2 Å². The van der Waals surface area contributed by atoms with Crippen molar-refractivity contribution < 1.29 is 14.3 Å². The zero-order valence-electron chi connectivity index (χ0n) is 12.4. The van der Waals surface area contributed by atoms with E-state index in [-0.39, 0.29) is 23.2 Å². The van der Waals surface area contributed by atoms with E-state index in [0.717, 1.165) is 17.2 Å². The molecule has 0 amide bonds. The van der Waals surface area contributed by atoms with Gasteiger partial charge in [-0.3, -0.25) is 4.79 Å². The second kappa shape index (κ2) is 5.68. The van der Waals surface area contributed by atoms with Crippen molar-refractivity contribution in [2.24, 2.45) is 0 Å². The van der Waals surface area contributed by atoms with E-state index in [9.17, 15) is 14.0 Å². The minimum atomic E-state index is -1.21. The van der Waals surface area contributed by atoms with Crippen LogP contribution in [0.15, 0.2) is 53.3 Å². The molecule has 0 bridgehead atoms. The van der Waals surface area contributed by atoms with Gasteiger partial charge in [-0.05, 0) is 36.2 Å². The third-order valence-corrected chi connectivity index (χ3v) is 3.87. The lowest BCUT2D eigenvalue weighted by molar-refractivity contribution is 0.0696. The van der Waals surface area contributed by atoms with Crippen molar-refractivity contribution in [3.05, 3.63) is 81.4 Å². The Morgan fingerprint density at radius 2 is 1.91 bits per heavy atom. The predicted molar refractivity (Wildman–Crippen MR) is 85.4 cm³/mol. The molecule has 0 atom stereocenters. The van der Waals surface area contributed by atoms with Crippen LogP contribution in [0.4, 0.5) is 4.39 Å². The van der Waals surface area contributed by atoms with Crippen LogP contribution in [0.3, 0.4) is 0 Å². The van der Waals surface area contributed by atoms with Gasteiger partial charge in [-0.2, -0.15) is 0 Å². The summed E-state index contributed by atoms with van der Waals surface area (Å²) >= 11 is 0. The first-order chi connectivity index (χ1) is 11.0. The fourth-order valence-corrected chi connectivity index (χ4v) is 2.63. The van der Waals surface area contributed by atoms with Gasteiger partial charge in [0.25, 0.3) is 5.56 Å². The van der Waals surface area contributed by atoms with E-state index < -0.39 is 11.8 Å². The molecule has 1 N–H and O–H groups in total. The molecule has 0 aliphatic heterocycles. The monoisotopic (exact) mass is 311 g/mol. The number of fused-ring (bicyclic) bond motifs is 1. The summed E-state index contributed by atoms with van der Waals surface area (Å²) in [5.74, 6) is -1.92. The van der Waals surface area contributed by atoms with E-state index in [1.165, 1.54) is 22.8 Å². The van der Waals surface area contributed by atoms with Crippen LogP contribution in [0.2, 0.25) is 0 Å². The fourth-order valence-electron chi connectivity index (χ4n) is 2.63. The third kappa shape index (κ3) is 2.73. The number of hydrogen-bond donors (Lipinski definition) is 1. The van der Waals surface area contributed by atoms with Crippen molar-refractivity contribution in [2.75, 3.05) is 0 Å². The molecule has 3 rings (SSSR count). The largest absolute Gasteiger partial charge is 0.478 e. The molecular formula is C18H14FNO3. The normalized spacial score (nSPS) is 10.9. The van der Waals surface area contributed by atoms with Gasteiger partial charge in [0.15, 0.2) is 0 Å². The number of rotatable bonds is 3. The predicted octanol–water partition coefficient (Wildman–Crippen LogP) is 3.20. The Kier molecular flexibility index (Phi) is 3.70. The molecule has 0 saturated heterocycles. The third-order valence-electron chi connectivity index (χ3n) is 3.87. The van der Waals surface area contributed by atoms with E-state index in [2.05, 4.69) is 0 Å². The highest BCUT2D eigenvalue weighted by atomic mass is 19.1. The standard InChI is InChI=1S/C18H14FNO3/c1-11-4-2-3-5-13(11)10-20-16(21)7-6-12-8-14(18(22)23)9-15(19)17(12)20/h2-9H,10H2,1H3,(H,22,23). The highest BCUT2D eigenvalue weighted by Gasteiger charge is 2.14. The molecule has 0 aliphatic rings. The molecular weight excluding hydrogens is 297 g/mol. The molecule has 0 spiro atoms. The molecule has 2 aromatic carbocycles. The summed E-state index contributed by atoms with van der Waals surface area (Å²) in [6.45, 7) is 2.15. The van der Waals surface area contributed by atoms with Gasteiger partial charge in [0.1, 0.15) is 5.82 Å². The number of pyridine rings is 1. The summed E-state index contributed by atoms with van der Waals surface area (Å²) in [5.41, 5.74) is 1.55. The van der Waals surface area contributed by atoms with Crippen LogP contribution < -0.4 is 5.56 Å². The first-order valence-electron chi connectivity index (χ1n) is 7.08. The second-order valence-corrected chi connectivity index (χ2v) is 5.39. The van der Waals surface area contributed by atoms with E-state index in [1.54, 1.807) is 0 Å². The highest BCUT2D eigenvalue weighted by Crippen LogP contribution is 2.20. The molecule has 5 heteroatoms. The van der Waals surface area contributed by atoms with Crippen LogP contribution in [-0.2, 0) is 6.54 Å². The summed E-state index contributed by atoms with van der Waals surface area (Å²) in [7, 11) is 0. The number of aryl methyl sites for hydroxylation is 1. The fraction of sp³-hybridized carbons (Fsp3) is 0.111. The summed E-state index contributed by atoms with van der Waals surface area (Å²) in [6.07, 6.45) is 0. The maximum atomic E-state index is 14.4. The molecule has 3 aromatic rings. The van der Waals surface area contributed by atoms with Crippen molar-refractivity contribution in [3.8, 4) is 0 Å². The van der Waals surface area contributed by atoms with Gasteiger partial charge in [-0.1, -0.05) is 24.3 Å². The highest BCUT2D eigenvalue weighted by molar-refractivity contribution is 5.93. The van der Waals surface area contributed by atoms with Crippen molar-refractivity contribution >= 4 is 16.9 Å². The minimum Gasteiger partial charge on any atom is -0.478 e. The van der Waals surface area contributed by atoms with Crippen LogP contribution in [-0.4, -0.2) is 15.6 Å². The maximum absolute atomic E-state index is 14.4. The van der Waals surface area contributed by atoms with E-state index >= 15 is 0 Å². The van der Waals surface area contributed by atoms with Gasteiger partial charge < -0.3 is 9.67 Å². The molecule has 116 valence electrons. The topological polar surface area (TPSA) is 59.3 Å². The zero-order valence-corrected chi connectivity index (χ0v) is 12.4. The summed E-state index contributed by atoms with van der Waals surface area (Å²) in [6, 6.07) is 12.6. The lowest BCUT2D eigenvalue weighted by Gasteiger charge is -2.13. The summed E-state index contributed by atoms with van der Waals surface area (Å²) in [5, 5.41) is 9.41. The quantitative estimate of drug-likeness (QED) is 0.808. The van der Waals surface area contributed by atoms with Crippen LogP contribution in [0, 0.1) is 12.7 Å². The molecule has 1 aromatic heterocycles. The van der Waals surface area contributed by atoms with Crippen LogP contribution >= 0.6 is 0 Å². The maximum Gasteiger partial charge on any atom is 0.335 e. The number of hydrogen-bond acceptors (Lipinski definition) is 2. The molecule has 0 aliphatic carbocycles. The molecule has 0 saturated carbocycles. The number of benzene rings is 2. The number of carboxylic acid groups (broad SMARTS) is 1. The first kappa shape index (κ1) is 15.0.